The molecule has 2 heterocycles. The summed E-state index contributed by atoms with van der Waals surface area (Å²) in [6, 6.07) is 9.89. The van der Waals surface area contributed by atoms with Crippen LogP contribution in [0.4, 0.5) is 5.13 Å². The van der Waals surface area contributed by atoms with Crippen LogP contribution >= 0.6 is 22.9 Å². The van der Waals surface area contributed by atoms with Crippen molar-refractivity contribution in [2.45, 2.75) is 56.4 Å². The number of thiazole rings is 1. The summed E-state index contributed by atoms with van der Waals surface area (Å²) in [7, 11) is -2.09. The Balaban J connectivity index is 1.40. The lowest BCUT2D eigenvalue weighted by molar-refractivity contribution is 0.0376. The van der Waals surface area contributed by atoms with Gasteiger partial charge >= 0.3 is 0 Å². The summed E-state index contributed by atoms with van der Waals surface area (Å²) in [5.41, 5.74) is 1.01. The number of morpholine rings is 1. The van der Waals surface area contributed by atoms with E-state index in [4.69, 9.17) is 26.1 Å². The molecule has 1 saturated carbocycles. The Hall–Kier alpha value is -2.28. The van der Waals surface area contributed by atoms with Gasteiger partial charge in [0, 0.05) is 44.3 Å². The number of carbonyl (C=O) groups is 1. The Labute approximate surface area is 257 Å². The molecule has 42 heavy (non-hydrogen) atoms. The van der Waals surface area contributed by atoms with Gasteiger partial charge in [-0.05, 0) is 55.7 Å². The molecule has 1 aromatic heterocycles. The van der Waals surface area contributed by atoms with Gasteiger partial charge in [-0.3, -0.25) is 14.6 Å². The minimum Gasteiger partial charge on any atom is -0.494 e. The van der Waals surface area contributed by atoms with E-state index in [0.29, 0.717) is 53.3 Å². The van der Waals surface area contributed by atoms with Gasteiger partial charge in [-0.25, -0.2) is 13.4 Å². The van der Waals surface area contributed by atoms with Gasteiger partial charge in [0.1, 0.15) is 11.3 Å². The number of aromatic nitrogens is 1. The van der Waals surface area contributed by atoms with Crippen LogP contribution in [0.25, 0.3) is 10.2 Å². The van der Waals surface area contributed by atoms with Crippen molar-refractivity contribution in [1.82, 2.24) is 14.2 Å². The van der Waals surface area contributed by atoms with Crippen LogP contribution in [0.2, 0.25) is 5.02 Å². The largest absolute Gasteiger partial charge is 0.494 e. The number of anilines is 1. The van der Waals surface area contributed by atoms with Gasteiger partial charge in [-0.1, -0.05) is 49.1 Å². The highest BCUT2D eigenvalue weighted by molar-refractivity contribution is 7.89. The van der Waals surface area contributed by atoms with Crippen LogP contribution in [0.15, 0.2) is 41.3 Å². The lowest BCUT2D eigenvalue weighted by Gasteiger charge is -2.32. The molecular weight excluding hydrogens is 596 g/mol. The predicted molar refractivity (Wildman–Crippen MR) is 168 cm³/mol. The maximum atomic E-state index is 14.0. The number of methoxy groups -OCH3 is 1. The monoisotopic (exact) mass is 634 g/mol. The highest BCUT2D eigenvalue weighted by atomic mass is 35.5. The van der Waals surface area contributed by atoms with Crippen molar-refractivity contribution in [2.24, 2.45) is 0 Å². The fraction of sp³-hybridized carbons (Fsp3) is 0.533. The third kappa shape index (κ3) is 6.76. The first-order chi connectivity index (χ1) is 20.3. The third-order valence-corrected chi connectivity index (χ3v) is 11.7. The van der Waals surface area contributed by atoms with Crippen LogP contribution in [0.5, 0.6) is 5.75 Å². The molecule has 12 heteroatoms. The zero-order chi connectivity index (χ0) is 29.7. The zero-order valence-corrected chi connectivity index (χ0v) is 26.6. The van der Waals surface area contributed by atoms with Gasteiger partial charge in [-0.15, -0.1) is 0 Å². The summed E-state index contributed by atoms with van der Waals surface area (Å²) < 4.78 is 40.5. The number of hydrogen-bond donors (Lipinski definition) is 0. The lowest BCUT2D eigenvalue weighted by atomic mass is 9.95. The molecule has 3 aromatic rings. The van der Waals surface area contributed by atoms with E-state index in [1.165, 1.54) is 11.3 Å². The van der Waals surface area contributed by atoms with E-state index >= 15 is 0 Å². The number of hydrogen-bond acceptors (Lipinski definition) is 8. The maximum Gasteiger partial charge on any atom is 0.260 e. The number of benzene rings is 2. The highest BCUT2D eigenvalue weighted by Gasteiger charge is 2.31. The Kier molecular flexibility index (Phi) is 10.4. The van der Waals surface area contributed by atoms with E-state index in [0.717, 1.165) is 62.9 Å². The summed E-state index contributed by atoms with van der Waals surface area (Å²) in [6.07, 6.45) is 5.77. The summed E-state index contributed by atoms with van der Waals surface area (Å²) in [5.74, 6) is 0.348. The summed E-state index contributed by atoms with van der Waals surface area (Å²) >= 11 is 7.84. The number of ether oxygens (including phenoxy) is 2. The van der Waals surface area contributed by atoms with Crippen molar-refractivity contribution in [3.8, 4) is 5.75 Å². The molecule has 0 bridgehead atoms. The fourth-order valence-electron chi connectivity index (χ4n) is 5.84. The van der Waals surface area contributed by atoms with Crippen LogP contribution in [0.3, 0.4) is 0 Å². The van der Waals surface area contributed by atoms with Crippen molar-refractivity contribution in [1.29, 1.82) is 0 Å². The van der Waals surface area contributed by atoms with Crippen molar-refractivity contribution in [2.75, 3.05) is 57.9 Å². The molecule has 0 atom stereocenters. The van der Waals surface area contributed by atoms with Crippen LogP contribution in [0, 0.1) is 0 Å². The summed E-state index contributed by atoms with van der Waals surface area (Å²) in [6.45, 7) is 6.75. The van der Waals surface area contributed by atoms with Crippen molar-refractivity contribution in [3.63, 3.8) is 0 Å². The first-order valence-corrected chi connectivity index (χ1v) is 17.3. The molecule has 0 spiro atoms. The molecule has 1 aliphatic heterocycles. The second kappa shape index (κ2) is 14.0. The minimum absolute atomic E-state index is 0.0277. The Bertz CT molecular complexity index is 1470. The number of halogens is 1. The average Bonchev–Trinajstić information content (AvgIpc) is 3.47. The first-order valence-electron chi connectivity index (χ1n) is 14.7. The molecule has 1 amide bonds. The van der Waals surface area contributed by atoms with Crippen molar-refractivity contribution >= 4 is 54.2 Å². The van der Waals surface area contributed by atoms with Gasteiger partial charge in [0.2, 0.25) is 10.0 Å². The fourth-order valence-corrected chi connectivity index (χ4v) is 8.81. The van der Waals surface area contributed by atoms with E-state index < -0.39 is 10.0 Å². The molecule has 0 unspecified atom stereocenters. The molecule has 228 valence electrons. The minimum atomic E-state index is -3.67. The van der Waals surface area contributed by atoms with Gasteiger partial charge in [-0.2, -0.15) is 4.31 Å². The number of fused-ring (bicyclic) bond motifs is 1. The van der Waals surface area contributed by atoms with E-state index in [1.807, 2.05) is 6.92 Å². The Morgan fingerprint density at radius 1 is 1.12 bits per heavy atom. The highest BCUT2D eigenvalue weighted by Crippen LogP contribution is 2.39. The molecule has 1 saturated heterocycles. The number of carbonyl (C=O) groups excluding carboxylic acids is 1. The molecule has 0 radical (unpaired) electrons. The second-order valence-corrected chi connectivity index (χ2v) is 14.0. The molecule has 2 aromatic carbocycles. The summed E-state index contributed by atoms with van der Waals surface area (Å²) in [5, 5.41) is 1.07. The molecule has 0 N–H and O–H groups in total. The SMILES string of the molecule is CCN(C1CCCCC1)S(=O)(=O)c1ccc(C(=O)N(CCCN2CCOCC2)c2nc3c(OC)ccc(Cl)c3s2)cc1. The first kappa shape index (κ1) is 31.2. The quantitative estimate of drug-likeness (QED) is 0.268. The van der Waals surface area contributed by atoms with Crippen LogP contribution in [0.1, 0.15) is 55.8 Å². The number of rotatable bonds is 11. The van der Waals surface area contributed by atoms with Crippen molar-refractivity contribution < 1.29 is 22.7 Å². The summed E-state index contributed by atoms with van der Waals surface area (Å²) in [4.78, 5) is 23.0. The van der Waals surface area contributed by atoms with E-state index in [2.05, 4.69) is 4.90 Å². The zero-order valence-electron chi connectivity index (χ0n) is 24.3. The maximum absolute atomic E-state index is 14.0. The smallest absolute Gasteiger partial charge is 0.260 e. The molecule has 5 rings (SSSR count). The third-order valence-electron chi connectivity index (χ3n) is 8.10. The van der Waals surface area contributed by atoms with Crippen LogP contribution < -0.4 is 9.64 Å². The lowest BCUT2D eigenvalue weighted by Crippen LogP contribution is -2.41. The Morgan fingerprint density at radius 3 is 2.50 bits per heavy atom. The molecule has 2 aliphatic rings. The van der Waals surface area contributed by atoms with Crippen molar-refractivity contribution in [3.05, 3.63) is 47.0 Å². The standard InChI is InChI=1S/C30H39ClN4O5S2/c1-3-35(23-8-5-4-6-9-23)42(37,38)24-12-10-22(11-13-24)29(36)34(17-7-16-33-18-20-40-21-19-33)30-32-27-26(39-2)15-14-25(31)28(27)41-30/h10-15,23H,3-9,16-21H2,1-2H3. The van der Waals surface area contributed by atoms with Gasteiger partial charge < -0.3 is 9.47 Å². The predicted octanol–water partition coefficient (Wildman–Crippen LogP) is 5.67. The molecular formula is C30H39ClN4O5S2. The molecule has 9 nitrogen and oxygen atoms in total. The van der Waals surface area contributed by atoms with Gasteiger partial charge in [0.15, 0.2) is 5.13 Å². The van der Waals surface area contributed by atoms with E-state index in [9.17, 15) is 13.2 Å². The molecule has 1 aliphatic carbocycles. The number of sulfonamides is 1. The van der Waals surface area contributed by atoms with Crippen LogP contribution in [-0.4, -0.2) is 87.6 Å². The number of nitrogens with zero attached hydrogens (tertiary/aromatic N) is 4. The average molecular weight is 635 g/mol. The topological polar surface area (TPSA) is 92.3 Å². The Morgan fingerprint density at radius 2 is 1.83 bits per heavy atom. The van der Waals surface area contributed by atoms with Gasteiger partial charge in [0.05, 0.1) is 34.9 Å². The number of amides is 1. The molecule has 2 fully saturated rings. The van der Waals surface area contributed by atoms with E-state index in [-0.39, 0.29) is 16.8 Å². The van der Waals surface area contributed by atoms with Gasteiger partial charge in [0.25, 0.3) is 5.91 Å². The second-order valence-electron chi connectivity index (χ2n) is 10.7. The normalized spacial score (nSPS) is 17.1. The van der Waals surface area contributed by atoms with Crippen LogP contribution in [-0.2, 0) is 14.8 Å². The van der Waals surface area contributed by atoms with E-state index in [1.54, 1.807) is 52.7 Å².